The third kappa shape index (κ3) is 6.07. The number of ether oxygens (including phenoxy) is 1. The molecule has 19 heavy (non-hydrogen) atoms. The summed E-state index contributed by atoms with van der Waals surface area (Å²) in [5.74, 6) is 0.935. The van der Waals surface area contributed by atoms with E-state index in [4.69, 9.17) is 10.5 Å². The molecular weight excluding hydrogens is 234 g/mol. The Bertz CT molecular complexity index is 437. The Morgan fingerprint density at radius 3 is 1.95 bits per heavy atom. The molecule has 0 aliphatic heterocycles. The molecule has 0 saturated carbocycles. The summed E-state index contributed by atoms with van der Waals surface area (Å²) >= 11 is 0. The first-order valence-electron chi connectivity index (χ1n) is 6.67. The van der Waals surface area contributed by atoms with Crippen molar-refractivity contribution in [3.8, 4) is 5.75 Å². The van der Waals surface area contributed by atoms with Gasteiger partial charge in [0.05, 0.1) is 7.11 Å². The maximum Gasteiger partial charge on any atom is 0.118 e. The largest absolute Gasteiger partial charge is 0.497 e. The van der Waals surface area contributed by atoms with Gasteiger partial charge in [-0.1, -0.05) is 55.8 Å². The van der Waals surface area contributed by atoms with Crippen molar-refractivity contribution in [2.24, 2.45) is 5.73 Å². The first kappa shape index (κ1) is 15.3. The lowest BCUT2D eigenvalue weighted by molar-refractivity contribution is 0.414. The molecule has 0 spiro atoms. The van der Waals surface area contributed by atoms with Gasteiger partial charge in [-0.15, -0.1) is 0 Å². The highest BCUT2D eigenvalue weighted by molar-refractivity contribution is 5.27. The van der Waals surface area contributed by atoms with Crippen molar-refractivity contribution in [3.05, 3.63) is 65.7 Å². The highest BCUT2D eigenvalue weighted by Gasteiger charge is 1.91. The molecule has 0 saturated heterocycles. The number of hydrogen-bond acceptors (Lipinski definition) is 2. The summed E-state index contributed by atoms with van der Waals surface area (Å²) in [6.45, 7) is 2.82. The molecule has 2 N–H and O–H groups in total. The molecule has 2 nitrogen and oxygen atoms in total. The minimum Gasteiger partial charge on any atom is -0.497 e. The molecule has 0 bridgehead atoms. The van der Waals surface area contributed by atoms with E-state index in [1.54, 1.807) is 7.11 Å². The van der Waals surface area contributed by atoms with Gasteiger partial charge < -0.3 is 10.5 Å². The van der Waals surface area contributed by atoms with Crippen LogP contribution in [0.5, 0.6) is 5.75 Å². The van der Waals surface area contributed by atoms with E-state index in [-0.39, 0.29) is 0 Å². The number of aryl methyl sites for hydroxylation is 1. The van der Waals surface area contributed by atoms with Crippen LogP contribution in [0.3, 0.4) is 0 Å². The molecule has 0 aromatic heterocycles. The maximum atomic E-state index is 5.35. The van der Waals surface area contributed by atoms with Crippen LogP contribution in [0.15, 0.2) is 54.6 Å². The van der Waals surface area contributed by atoms with Crippen LogP contribution in [0.25, 0.3) is 0 Å². The van der Waals surface area contributed by atoms with Crippen LogP contribution in [0, 0.1) is 0 Å². The molecule has 2 heteroatoms. The molecule has 0 atom stereocenters. The van der Waals surface area contributed by atoms with Crippen LogP contribution in [0.4, 0.5) is 0 Å². The predicted molar refractivity (Wildman–Crippen MR) is 81.3 cm³/mol. The second-order valence-corrected chi connectivity index (χ2v) is 4.29. The first-order valence-corrected chi connectivity index (χ1v) is 6.67. The Kier molecular flexibility index (Phi) is 7.37. The fourth-order valence-corrected chi connectivity index (χ4v) is 1.69. The SMILES string of the molecule is CCCc1ccc(OC)cc1.NCc1ccccc1. The van der Waals surface area contributed by atoms with Crippen LogP contribution < -0.4 is 10.5 Å². The zero-order valence-corrected chi connectivity index (χ0v) is 11.8. The molecule has 0 amide bonds. The minimum atomic E-state index is 0.640. The maximum absolute atomic E-state index is 5.35. The Morgan fingerprint density at radius 2 is 1.53 bits per heavy atom. The molecule has 0 heterocycles. The van der Waals surface area contributed by atoms with Crippen LogP contribution in [0.1, 0.15) is 24.5 Å². The fraction of sp³-hybridized carbons (Fsp3) is 0.294. The molecule has 0 aliphatic carbocycles. The van der Waals surface area contributed by atoms with E-state index in [0.717, 1.165) is 12.2 Å². The number of methoxy groups -OCH3 is 1. The standard InChI is InChI=1S/C10H14O.C7H9N/c1-3-4-9-5-7-10(11-2)8-6-9;8-6-7-4-2-1-3-5-7/h5-8H,3-4H2,1-2H3;1-5H,6,8H2. The molecule has 0 radical (unpaired) electrons. The van der Waals surface area contributed by atoms with E-state index in [1.165, 1.54) is 17.5 Å². The Labute approximate surface area is 116 Å². The molecule has 102 valence electrons. The zero-order chi connectivity index (χ0) is 13.9. The van der Waals surface area contributed by atoms with E-state index in [1.807, 2.05) is 42.5 Å². The van der Waals surface area contributed by atoms with Crippen LogP contribution in [-0.4, -0.2) is 7.11 Å². The van der Waals surface area contributed by atoms with Gasteiger partial charge in [0.25, 0.3) is 0 Å². The van der Waals surface area contributed by atoms with Gasteiger partial charge in [-0.2, -0.15) is 0 Å². The van der Waals surface area contributed by atoms with Crippen molar-refractivity contribution in [3.63, 3.8) is 0 Å². The van der Waals surface area contributed by atoms with Crippen molar-refractivity contribution in [2.75, 3.05) is 7.11 Å². The molecule has 0 aliphatic rings. The summed E-state index contributed by atoms with van der Waals surface area (Å²) in [6, 6.07) is 18.2. The van der Waals surface area contributed by atoms with Crippen molar-refractivity contribution in [2.45, 2.75) is 26.3 Å². The highest BCUT2D eigenvalue weighted by Crippen LogP contribution is 2.12. The number of benzene rings is 2. The molecular formula is C17H23NO. The third-order valence-electron chi connectivity index (χ3n) is 2.78. The van der Waals surface area contributed by atoms with Gasteiger partial charge in [0.1, 0.15) is 5.75 Å². The Morgan fingerprint density at radius 1 is 0.895 bits per heavy atom. The number of hydrogen-bond donors (Lipinski definition) is 1. The van der Waals surface area contributed by atoms with Gasteiger partial charge >= 0.3 is 0 Å². The van der Waals surface area contributed by atoms with E-state index in [0.29, 0.717) is 6.54 Å². The summed E-state index contributed by atoms with van der Waals surface area (Å²) < 4.78 is 5.05. The van der Waals surface area contributed by atoms with Crippen LogP contribution in [-0.2, 0) is 13.0 Å². The lowest BCUT2D eigenvalue weighted by Gasteiger charge is -2.00. The van der Waals surface area contributed by atoms with Crippen LogP contribution >= 0.6 is 0 Å². The second kappa shape index (κ2) is 9.17. The van der Waals surface area contributed by atoms with E-state index >= 15 is 0 Å². The number of nitrogens with two attached hydrogens (primary N) is 1. The molecule has 2 aromatic rings. The van der Waals surface area contributed by atoms with E-state index < -0.39 is 0 Å². The van der Waals surface area contributed by atoms with Gasteiger partial charge in [0.2, 0.25) is 0 Å². The summed E-state index contributed by atoms with van der Waals surface area (Å²) in [5, 5.41) is 0. The van der Waals surface area contributed by atoms with Crippen molar-refractivity contribution >= 4 is 0 Å². The van der Waals surface area contributed by atoms with Gasteiger partial charge in [-0.05, 0) is 29.7 Å². The molecule has 0 unspecified atom stereocenters. The fourth-order valence-electron chi connectivity index (χ4n) is 1.69. The van der Waals surface area contributed by atoms with E-state index in [9.17, 15) is 0 Å². The Hall–Kier alpha value is -1.80. The topological polar surface area (TPSA) is 35.2 Å². The molecule has 0 fully saturated rings. The highest BCUT2D eigenvalue weighted by atomic mass is 16.5. The van der Waals surface area contributed by atoms with Crippen molar-refractivity contribution in [1.82, 2.24) is 0 Å². The van der Waals surface area contributed by atoms with Crippen LogP contribution in [0.2, 0.25) is 0 Å². The summed E-state index contributed by atoms with van der Waals surface area (Å²) in [6.07, 6.45) is 2.36. The Balaban J connectivity index is 0.000000200. The quantitative estimate of drug-likeness (QED) is 0.904. The summed E-state index contributed by atoms with van der Waals surface area (Å²) in [4.78, 5) is 0. The van der Waals surface area contributed by atoms with Gasteiger partial charge in [0.15, 0.2) is 0 Å². The van der Waals surface area contributed by atoms with Gasteiger partial charge in [0, 0.05) is 6.54 Å². The third-order valence-corrected chi connectivity index (χ3v) is 2.78. The lowest BCUT2D eigenvalue weighted by atomic mass is 10.1. The predicted octanol–water partition coefficient (Wildman–Crippen LogP) is 3.79. The molecule has 2 aromatic carbocycles. The van der Waals surface area contributed by atoms with Gasteiger partial charge in [-0.25, -0.2) is 0 Å². The monoisotopic (exact) mass is 257 g/mol. The first-order chi connectivity index (χ1) is 9.30. The van der Waals surface area contributed by atoms with Gasteiger partial charge in [-0.3, -0.25) is 0 Å². The van der Waals surface area contributed by atoms with Crippen molar-refractivity contribution in [1.29, 1.82) is 0 Å². The minimum absolute atomic E-state index is 0.640. The average Bonchev–Trinajstić information content (AvgIpc) is 2.50. The normalized spacial score (nSPS) is 9.42. The summed E-state index contributed by atoms with van der Waals surface area (Å²) in [7, 11) is 1.69. The zero-order valence-electron chi connectivity index (χ0n) is 11.8. The second-order valence-electron chi connectivity index (χ2n) is 4.29. The smallest absolute Gasteiger partial charge is 0.118 e. The summed E-state index contributed by atoms with van der Waals surface area (Å²) in [5.41, 5.74) is 7.92. The van der Waals surface area contributed by atoms with E-state index in [2.05, 4.69) is 19.1 Å². The lowest BCUT2D eigenvalue weighted by Crippen LogP contribution is -1.94. The molecule has 2 rings (SSSR count). The van der Waals surface area contributed by atoms with Crippen molar-refractivity contribution < 1.29 is 4.74 Å². The average molecular weight is 257 g/mol. The number of rotatable bonds is 4.